The minimum atomic E-state index is -1.24. The fourth-order valence-electron chi connectivity index (χ4n) is 2.50. The fourth-order valence-corrected chi connectivity index (χ4v) is 2.50. The van der Waals surface area contributed by atoms with Gasteiger partial charge in [-0.05, 0) is 12.5 Å². The van der Waals surface area contributed by atoms with Crippen molar-refractivity contribution in [3.8, 4) is 0 Å². The van der Waals surface area contributed by atoms with Crippen LogP contribution in [0.1, 0.15) is 22.3 Å². The zero-order valence-electron chi connectivity index (χ0n) is 11.2. The maximum absolute atomic E-state index is 12.5. The van der Waals surface area contributed by atoms with E-state index in [1.807, 2.05) is 0 Å². The van der Waals surface area contributed by atoms with Crippen LogP contribution >= 0.6 is 0 Å². The third-order valence-electron chi connectivity index (χ3n) is 3.49. The molecular weight excluding hydrogens is 280 g/mol. The van der Waals surface area contributed by atoms with E-state index >= 15 is 0 Å². The fraction of sp³-hybridized carbons (Fsp3) is 0.385. The summed E-state index contributed by atoms with van der Waals surface area (Å²) in [6, 6.07) is 3.02. The highest BCUT2D eigenvalue weighted by Gasteiger charge is 2.41. The van der Waals surface area contributed by atoms with Crippen LogP contribution in [0.25, 0.3) is 0 Å². The maximum atomic E-state index is 12.5. The molecule has 0 unspecified atom stereocenters. The zero-order valence-corrected chi connectivity index (χ0v) is 11.2. The monoisotopic (exact) mass is 294 g/mol. The molecule has 0 bridgehead atoms. The number of aliphatic carboxylic acids is 1. The molecule has 8 heteroatoms. The van der Waals surface area contributed by atoms with E-state index in [0.29, 0.717) is 5.56 Å². The third-order valence-corrected chi connectivity index (χ3v) is 3.49. The van der Waals surface area contributed by atoms with Crippen LogP contribution in [0.5, 0.6) is 0 Å². The van der Waals surface area contributed by atoms with Gasteiger partial charge in [0.2, 0.25) is 0 Å². The van der Waals surface area contributed by atoms with E-state index in [1.165, 1.54) is 12.1 Å². The SMILES string of the molecule is Cc1cccc([N+](=O)[O-])c1C(=O)N1C[C@H](O)C[C@H]1C(=O)O. The number of β-amino-alcohol motifs (C(OH)–C–C–N with tert-alkyl or cyclic N) is 1. The topological polar surface area (TPSA) is 121 Å². The zero-order chi connectivity index (χ0) is 15.7. The second kappa shape index (κ2) is 5.49. The van der Waals surface area contributed by atoms with Gasteiger partial charge in [-0.1, -0.05) is 12.1 Å². The van der Waals surface area contributed by atoms with Gasteiger partial charge in [0.05, 0.1) is 11.0 Å². The predicted molar refractivity (Wildman–Crippen MR) is 70.9 cm³/mol. The molecule has 0 saturated carbocycles. The molecule has 1 aromatic carbocycles. The molecular formula is C13H14N2O6. The largest absolute Gasteiger partial charge is 0.480 e. The van der Waals surface area contributed by atoms with Crippen molar-refractivity contribution in [1.82, 2.24) is 4.90 Å². The quantitative estimate of drug-likeness (QED) is 0.620. The Kier molecular flexibility index (Phi) is 3.90. The van der Waals surface area contributed by atoms with E-state index in [4.69, 9.17) is 5.11 Å². The lowest BCUT2D eigenvalue weighted by molar-refractivity contribution is -0.385. The van der Waals surface area contributed by atoms with Gasteiger partial charge in [-0.25, -0.2) is 4.79 Å². The minimum Gasteiger partial charge on any atom is -0.480 e. The number of amides is 1. The van der Waals surface area contributed by atoms with Crippen molar-refractivity contribution < 1.29 is 24.7 Å². The highest BCUT2D eigenvalue weighted by molar-refractivity contribution is 6.01. The van der Waals surface area contributed by atoms with Gasteiger partial charge in [0.15, 0.2) is 0 Å². The average molecular weight is 294 g/mol. The number of rotatable bonds is 3. The first-order chi connectivity index (χ1) is 9.82. The molecule has 112 valence electrons. The van der Waals surface area contributed by atoms with Crippen LogP contribution in [-0.2, 0) is 4.79 Å². The number of hydrogen-bond acceptors (Lipinski definition) is 5. The summed E-state index contributed by atoms with van der Waals surface area (Å²) in [6.45, 7) is 1.39. The number of likely N-dealkylation sites (tertiary alicyclic amines) is 1. The van der Waals surface area contributed by atoms with E-state index in [1.54, 1.807) is 13.0 Å². The van der Waals surface area contributed by atoms with E-state index in [9.17, 15) is 24.8 Å². The number of carbonyl (C=O) groups excluding carboxylic acids is 1. The number of carbonyl (C=O) groups is 2. The smallest absolute Gasteiger partial charge is 0.326 e. The molecule has 1 fully saturated rings. The van der Waals surface area contributed by atoms with Gasteiger partial charge in [-0.2, -0.15) is 0 Å². The van der Waals surface area contributed by atoms with Crippen molar-refractivity contribution in [2.24, 2.45) is 0 Å². The number of aliphatic hydroxyl groups is 1. The van der Waals surface area contributed by atoms with Crippen LogP contribution in [0.4, 0.5) is 5.69 Å². The van der Waals surface area contributed by atoms with Crippen LogP contribution < -0.4 is 0 Å². The normalized spacial score (nSPS) is 21.3. The number of aliphatic hydroxyl groups excluding tert-OH is 1. The molecule has 1 aliphatic heterocycles. The first-order valence-corrected chi connectivity index (χ1v) is 6.28. The van der Waals surface area contributed by atoms with E-state index in [2.05, 4.69) is 0 Å². The molecule has 2 N–H and O–H groups in total. The van der Waals surface area contributed by atoms with Gasteiger partial charge in [0, 0.05) is 19.0 Å². The number of nitro benzene ring substituents is 1. The van der Waals surface area contributed by atoms with Crippen molar-refractivity contribution in [2.75, 3.05) is 6.54 Å². The molecule has 0 radical (unpaired) electrons. The highest BCUT2D eigenvalue weighted by atomic mass is 16.6. The molecule has 21 heavy (non-hydrogen) atoms. The van der Waals surface area contributed by atoms with Crippen molar-refractivity contribution >= 4 is 17.6 Å². The lowest BCUT2D eigenvalue weighted by atomic mass is 10.0. The molecule has 1 saturated heterocycles. The van der Waals surface area contributed by atoms with Gasteiger partial charge in [0.25, 0.3) is 11.6 Å². The van der Waals surface area contributed by atoms with E-state index in [0.717, 1.165) is 4.90 Å². The molecule has 1 heterocycles. The summed E-state index contributed by atoms with van der Waals surface area (Å²) in [5.74, 6) is -1.99. The minimum absolute atomic E-state index is 0.0826. The Morgan fingerprint density at radius 2 is 2.10 bits per heavy atom. The molecule has 1 aromatic rings. The number of nitro groups is 1. The predicted octanol–water partition coefficient (Wildman–Crippen LogP) is 0.563. The summed E-state index contributed by atoms with van der Waals surface area (Å²) in [6.07, 6.45) is -1.03. The first kappa shape index (κ1) is 14.9. The Morgan fingerprint density at radius 1 is 1.43 bits per heavy atom. The molecule has 1 amide bonds. The molecule has 1 aliphatic rings. The molecule has 2 atom stereocenters. The summed E-state index contributed by atoms with van der Waals surface area (Å²) < 4.78 is 0. The van der Waals surface area contributed by atoms with Gasteiger partial charge in [-0.3, -0.25) is 14.9 Å². The highest BCUT2D eigenvalue weighted by Crippen LogP contribution is 2.27. The number of carboxylic acid groups (broad SMARTS) is 1. The Labute approximate surface area is 119 Å². The summed E-state index contributed by atoms with van der Waals surface area (Å²) in [5.41, 5.74) is -0.117. The van der Waals surface area contributed by atoms with Crippen molar-refractivity contribution in [2.45, 2.75) is 25.5 Å². The molecule has 8 nitrogen and oxygen atoms in total. The Bertz CT molecular complexity index is 615. The number of carboxylic acids is 1. The summed E-state index contributed by atoms with van der Waals surface area (Å²) >= 11 is 0. The number of benzene rings is 1. The van der Waals surface area contributed by atoms with Gasteiger partial charge < -0.3 is 15.1 Å². The summed E-state index contributed by atoms with van der Waals surface area (Å²) in [5, 5.41) is 29.7. The maximum Gasteiger partial charge on any atom is 0.326 e. The number of nitrogens with zero attached hydrogens (tertiary/aromatic N) is 2. The van der Waals surface area contributed by atoms with Gasteiger partial charge in [-0.15, -0.1) is 0 Å². The van der Waals surface area contributed by atoms with E-state index < -0.39 is 28.9 Å². The number of hydrogen-bond donors (Lipinski definition) is 2. The molecule has 0 spiro atoms. The van der Waals surface area contributed by atoms with Crippen molar-refractivity contribution in [1.29, 1.82) is 0 Å². The van der Waals surface area contributed by atoms with Crippen LogP contribution in [0.3, 0.4) is 0 Å². The van der Waals surface area contributed by atoms with Crippen LogP contribution in [0, 0.1) is 17.0 Å². The second-order valence-electron chi connectivity index (χ2n) is 4.93. The Balaban J connectivity index is 2.45. The third kappa shape index (κ3) is 2.70. The number of aryl methyl sites for hydroxylation is 1. The van der Waals surface area contributed by atoms with Gasteiger partial charge >= 0.3 is 5.97 Å². The molecule has 2 rings (SSSR count). The molecule has 0 aliphatic carbocycles. The van der Waals surface area contributed by atoms with E-state index in [-0.39, 0.29) is 24.2 Å². The Morgan fingerprint density at radius 3 is 2.67 bits per heavy atom. The lowest BCUT2D eigenvalue weighted by Gasteiger charge is -2.21. The summed E-state index contributed by atoms with van der Waals surface area (Å²) in [7, 11) is 0. The Hall–Kier alpha value is -2.48. The van der Waals surface area contributed by atoms with Gasteiger partial charge in [0.1, 0.15) is 11.6 Å². The van der Waals surface area contributed by atoms with Crippen LogP contribution in [0.2, 0.25) is 0 Å². The second-order valence-corrected chi connectivity index (χ2v) is 4.93. The van der Waals surface area contributed by atoms with Crippen LogP contribution in [0.15, 0.2) is 18.2 Å². The lowest BCUT2D eigenvalue weighted by Crippen LogP contribution is -2.41. The average Bonchev–Trinajstić information content (AvgIpc) is 2.80. The van der Waals surface area contributed by atoms with Crippen LogP contribution in [-0.4, -0.2) is 50.6 Å². The van der Waals surface area contributed by atoms with Crippen molar-refractivity contribution in [3.63, 3.8) is 0 Å². The van der Waals surface area contributed by atoms with Crippen molar-refractivity contribution in [3.05, 3.63) is 39.4 Å². The first-order valence-electron chi connectivity index (χ1n) is 6.28. The summed E-state index contributed by atoms with van der Waals surface area (Å²) in [4.78, 5) is 35.0. The standard InChI is InChI=1S/C13H14N2O6/c1-7-3-2-4-9(15(20)21)11(7)12(17)14-6-8(16)5-10(14)13(18)19/h2-4,8,10,16H,5-6H2,1H3,(H,18,19)/t8-,10+/m1/s1. The molecule has 0 aromatic heterocycles.